The van der Waals surface area contributed by atoms with Crippen molar-refractivity contribution in [1.82, 2.24) is 4.98 Å². The summed E-state index contributed by atoms with van der Waals surface area (Å²) in [6.45, 7) is 0. The van der Waals surface area contributed by atoms with Gasteiger partial charge in [0.25, 0.3) is 5.71 Å². The molecule has 0 N–H and O–H groups in total. The van der Waals surface area contributed by atoms with Gasteiger partial charge >= 0.3 is 0 Å². The maximum Gasteiger partial charge on any atom is 0.266 e. The van der Waals surface area contributed by atoms with Crippen LogP contribution >= 0.6 is 0 Å². The number of carbonyl (C=O) groups is 2. The molecule has 5 nitrogen and oxygen atoms in total. The Morgan fingerprint density at radius 1 is 0.857 bits per heavy atom. The first kappa shape index (κ1) is 16.3. The third-order valence-corrected chi connectivity index (χ3v) is 4.48. The van der Waals surface area contributed by atoms with Crippen molar-refractivity contribution in [1.29, 1.82) is 0 Å². The van der Waals surface area contributed by atoms with Crippen molar-refractivity contribution in [3.8, 4) is 11.3 Å². The number of hydrogen-bond donors (Lipinski definition) is 0. The lowest BCUT2D eigenvalue weighted by Crippen LogP contribution is -2.01. The van der Waals surface area contributed by atoms with Gasteiger partial charge in [0.1, 0.15) is 17.4 Å². The van der Waals surface area contributed by atoms with Crippen molar-refractivity contribution >= 4 is 28.9 Å². The van der Waals surface area contributed by atoms with E-state index in [4.69, 9.17) is 8.83 Å². The molecule has 0 spiro atoms. The van der Waals surface area contributed by atoms with Crippen LogP contribution in [0.2, 0.25) is 0 Å². The number of nitrogens with zero attached hydrogens (tertiary/aromatic N) is 1. The Labute approximate surface area is 155 Å². The number of Topliss-reactive ketones (excluding diaryl/α,β-unsaturated/α-hetero) is 2. The van der Waals surface area contributed by atoms with E-state index in [-0.39, 0.29) is 11.6 Å². The molecular formula is C21H9F2NO4. The molecule has 1 aliphatic rings. The van der Waals surface area contributed by atoms with Gasteiger partial charge in [-0.1, -0.05) is 30.3 Å². The minimum Gasteiger partial charge on any atom is -0.435 e. The minimum atomic E-state index is -0.952. The van der Waals surface area contributed by atoms with Gasteiger partial charge in [0, 0.05) is 17.7 Å². The first-order chi connectivity index (χ1) is 13.5. The molecule has 0 amide bonds. The standard InChI is InChI=1S/C21H9F2NO4/c22-12-6-7-13(23)18-17(12)19(25)11(20(18)26)8-16-24-21-15(27-16)9-14(28-21)10-4-2-1-3-5-10/h1-9H. The Hall–Kier alpha value is -3.87. The van der Waals surface area contributed by atoms with Crippen molar-refractivity contribution in [2.24, 2.45) is 0 Å². The molecule has 0 aliphatic heterocycles. The van der Waals surface area contributed by atoms with Crippen molar-refractivity contribution in [2.45, 2.75) is 0 Å². The number of halogens is 2. The molecule has 2 heterocycles. The zero-order chi connectivity index (χ0) is 19.4. The summed E-state index contributed by atoms with van der Waals surface area (Å²) in [5, 5.41) is 0. The number of furan rings is 1. The maximum atomic E-state index is 13.9. The van der Waals surface area contributed by atoms with E-state index >= 15 is 0 Å². The van der Waals surface area contributed by atoms with Gasteiger partial charge in [-0.2, -0.15) is 4.98 Å². The molecule has 0 unspecified atom stereocenters. The summed E-state index contributed by atoms with van der Waals surface area (Å²) in [6.07, 6.45) is 1.07. The van der Waals surface area contributed by atoms with Crippen LogP contribution in [0.15, 0.2) is 62.9 Å². The Morgan fingerprint density at radius 3 is 2.11 bits per heavy atom. The van der Waals surface area contributed by atoms with E-state index in [0.29, 0.717) is 11.3 Å². The summed E-state index contributed by atoms with van der Waals surface area (Å²) in [7, 11) is 0. The number of ketones is 2. The lowest BCUT2D eigenvalue weighted by Gasteiger charge is -1.97. The highest BCUT2D eigenvalue weighted by atomic mass is 19.1. The number of aromatic nitrogens is 1. The molecule has 28 heavy (non-hydrogen) atoms. The summed E-state index contributed by atoms with van der Waals surface area (Å²) in [4.78, 5) is 28.9. The highest BCUT2D eigenvalue weighted by Gasteiger charge is 2.38. The van der Waals surface area contributed by atoms with Gasteiger partial charge in [-0.15, -0.1) is 0 Å². The van der Waals surface area contributed by atoms with Gasteiger partial charge in [0.15, 0.2) is 5.58 Å². The molecule has 2 aromatic carbocycles. The highest BCUT2D eigenvalue weighted by molar-refractivity contribution is 6.41. The van der Waals surface area contributed by atoms with Crippen LogP contribution in [-0.2, 0) is 0 Å². The predicted molar refractivity (Wildman–Crippen MR) is 94.7 cm³/mol. The number of allylic oxidation sites excluding steroid dienone is 1. The van der Waals surface area contributed by atoms with Crippen molar-refractivity contribution in [3.05, 3.63) is 82.8 Å². The van der Waals surface area contributed by atoms with Crippen molar-refractivity contribution < 1.29 is 27.2 Å². The molecule has 0 radical (unpaired) electrons. The fraction of sp³-hybridized carbons (Fsp3) is 0. The van der Waals surface area contributed by atoms with Crippen LogP contribution in [0.5, 0.6) is 0 Å². The first-order valence-electron chi connectivity index (χ1n) is 8.28. The summed E-state index contributed by atoms with van der Waals surface area (Å²) in [5.41, 5.74) is -0.225. The predicted octanol–water partition coefficient (Wildman–Crippen LogP) is 4.83. The molecule has 5 rings (SSSR count). The molecular weight excluding hydrogens is 368 g/mol. The fourth-order valence-electron chi connectivity index (χ4n) is 3.18. The van der Waals surface area contributed by atoms with Crippen LogP contribution in [0, 0.1) is 11.6 Å². The average molecular weight is 377 g/mol. The molecule has 1 aliphatic carbocycles. The number of hydrogen-bond acceptors (Lipinski definition) is 5. The second-order valence-electron chi connectivity index (χ2n) is 6.19. The third-order valence-electron chi connectivity index (χ3n) is 4.48. The molecule has 0 fully saturated rings. The zero-order valence-electron chi connectivity index (χ0n) is 14.0. The van der Waals surface area contributed by atoms with Gasteiger partial charge in [-0.05, 0) is 12.1 Å². The molecule has 0 bridgehead atoms. The summed E-state index contributed by atoms with van der Waals surface area (Å²) in [6, 6.07) is 12.6. The molecule has 4 aromatic rings. The van der Waals surface area contributed by atoms with Crippen LogP contribution in [0.4, 0.5) is 8.78 Å². The largest absolute Gasteiger partial charge is 0.435 e. The van der Waals surface area contributed by atoms with E-state index in [2.05, 4.69) is 4.98 Å². The fourth-order valence-corrected chi connectivity index (χ4v) is 3.18. The van der Waals surface area contributed by atoms with Crippen LogP contribution in [-0.4, -0.2) is 16.6 Å². The molecule has 136 valence electrons. The third kappa shape index (κ3) is 2.33. The zero-order valence-corrected chi connectivity index (χ0v) is 14.0. The summed E-state index contributed by atoms with van der Waals surface area (Å²) >= 11 is 0. The number of carbonyl (C=O) groups excluding carboxylic acids is 2. The lowest BCUT2D eigenvalue weighted by atomic mass is 10.1. The Kier molecular flexibility index (Phi) is 3.39. The Bertz CT molecular complexity index is 1240. The SMILES string of the molecule is O=C1C(=Cc2nc3oc(-c4ccccc4)cc3o2)C(=O)c2c(F)ccc(F)c21. The molecule has 7 heteroatoms. The van der Waals surface area contributed by atoms with E-state index < -0.39 is 39.9 Å². The lowest BCUT2D eigenvalue weighted by molar-refractivity contribution is 0.0988. The highest BCUT2D eigenvalue weighted by Crippen LogP contribution is 2.33. The molecule has 0 atom stereocenters. The Balaban J connectivity index is 1.55. The summed E-state index contributed by atoms with van der Waals surface area (Å²) < 4.78 is 39.0. The van der Waals surface area contributed by atoms with E-state index in [1.165, 1.54) is 0 Å². The van der Waals surface area contributed by atoms with Crippen LogP contribution in [0.25, 0.3) is 28.7 Å². The average Bonchev–Trinajstić information content (AvgIpc) is 3.32. The minimum absolute atomic E-state index is 0.0707. The number of oxazole rings is 1. The van der Waals surface area contributed by atoms with Crippen LogP contribution < -0.4 is 0 Å². The molecule has 0 saturated heterocycles. The van der Waals surface area contributed by atoms with Crippen LogP contribution in [0.1, 0.15) is 26.6 Å². The van der Waals surface area contributed by atoms with Gasteiger partial charge < -0.3 is 8.83 Å². The normalized spacial score (nSPS) is 13.4. The number of fused-ring (bicyclic) bond motifs is 2. The van der Waals surface area contributed by atoms with Gasteiger partial charge in [-0.25, -0.2) is 8.78 Å². The smallest absolute Gasteiger partial charge is 0.266 e. The topological polar surface area (TPSA) is 73.3 Å². The van der Waals surface area contributed by atoms with Crippen molar-refractivity contribution in [3.63, 3.8) is 0 Å². The second-order valence-corrected chi connectivity index (χ2v) is 6.19. The van der Waals surface area contributed by atoms with E-state index in [1.807, 2.05) is 30.3 Å². The van der Waals surface area contributed by atoms with E-state index in [9.17, 15) is 18.4 Å². The Morgan fingerprint density at radius 2 is 1.50 bits per heavy atom. The quantitative estimate of drug-likeness (QED) is 0.370. The van der Waals surface area contributed by atoms with Crippen LogP contribution in [0.3, 0.4) is 0 Å². The monoisotopic (exact) mass is 377 g/mol. The van der Waals surface area contributed by atoms with E-state index in [0.717, 1.165) is 23.8 Å². The maximum absolute atomic E-state index is 13.9. The number of benzene rings is 2. The van der Waals surface area contributed by atoms with Crippen molar-refractivity contribution in [2.75, 3.05) is 0 Å². The molecule has 2 aromatic heterocycles. The van der Waals surface area contributed by atoms with Gasteiger partial charge in [0.05, 0.1) is 16.7 Å². The number of rotatable bonds is 2. The molecule has 0 saturated carbocycles. The second kappa shape index (κ2) is 5.82. The summed E-state index contributed by atoms with van der Waals surface area (Å²) in [5.74, 6) is -3.24. The van der Waals surface area contributed by atoms with Gasteiger partial charge in [0.2, 0.25) is 17.5 Å². The van der Waals surface area contributed by atoms with E-state index in [1.54, 1.807) is 6.07 Å². The first-order valence-corrected chi connectivity index (χ1v) is 8.28. The van der Waals surface area contributed by atoms with Gasteiger partial charge in [-0.3, -0.25) is 9.59 Å².